The Morgan fingerprint density at radius 1 is 0.667 bits per heavy atom. The summed E-state index contributed by atoms with van der Waals surface area (Å²) in [4.78, 5) is 37.8. The van der Waals surface area contributed by atoms with E-state index in [-0.39, 0.29) is 30.7 Å². The molecular weight excluding hydrogens is 873 g/mol. The minimum Gasteiger partial charge on any atom is -0.494 e. The molecule has 5 aromatic carbocycles. The summed E-state index contributed by atoms with van der Waals surface area (Å²) in [5.74, 6) is -1.36. The van der Waals surface area contributed by atoms with E-state index in [0.717, 1.165) is 69.4 Å². The van der Waals surface area contributed by atoms with Crippen LogP contribution in [0.5, 0.6) is 11.5 Å². The van der Waals surface area contributed by atoms with Crippen LogP contribution in [0.15, 0.2) is 140 Å². The fourth-order valence-electron chi connectivity index (χ4n) is 8.21. The second kappa shape index (κ2) is 24.7. The maximum Gasteiger partial charge on any atom is 0.270 e. The number of nitriles is 1. The maximum absolute atomic E-state index is 13.2. The van der Waals surface area contributed by atoms with E-state index in [1.165, 1.54) is 5.56 Å². The predicted octanol–water partition coefficient (Wildman–Crippen LogP) is 10.6. The summed E-state index contributed by atoms with van der Waals surface area (Å²) in [7, 11) is 0. The summed E-state index contributed by atoms with van der Waals surface area (Å²) in [5, 5.41) is 21.6. The van der Waals surface area contributed by atoms with Gasteiger partial charge in [-0.05, 0) is 110 Å². The average molecular weight is 932 g/mol. The molecule has 0 aliphatic heterocycles. The molecule has 0 saturated heterocycles. The second-order valence-corrected chi connectivity index (χ2v) is 16.9. The highest BCUT2D eigenvalue weighted by atomic mass is 19.3. The van der Waals surface area contributed by atoms with Crippen LogP contribution in [0.1, 0.15) is 72.5 Å². The first-order chi connectivity index (χ1) is 33.6. The van der Waals surface area contributed by atoms with E-state index in [2.05, 4.69) is 44.0 Å². The summed E-state index contributed by atoms with van der Waals surface area (Å²) in [6, 6.07) is 47.2. The van der Waals surface area contributed by atoms with E-state index in [1.807, 2.05) is 141 Å². The lowest BCUT2D eigenvalue weighted by molar-refractivity contribution is -0.0925. The van der Waals surface area contributed by atoms with E-state index in [0.29, 0.717) is 69.3 Å². The Kier molecular flexibility index (Phi) is 17.7. The van der Waals surface area contributed by atoms with Crippen LogP contribution < -0.4 is 25.4 Å². The zero-order valence-corrected chi connectivity index (χ0v) is 39.2. The number of carbonyl (C=O) groups is 2. The molecule has 1 aliphatic rings. The molecule has 2 heterocycles. The van der Waals surface area contributed by atoms with Crippen molar-refractivity contribution in [2.75, 3.05) is 45.9 Å². The van der Waals surface area contributed by atoms with Gasteiger partial charge >= 0.3 is 0 Å². The van der Waals surface area contributed by atoms with Crippen molar-refractivity contribution in [2.45, 2.75) is 64.5 Å². The summed E-state index contributed by atoms with van der Waals surface area (Å²) < 4.78 is 36.8. The largest absolute Gasteiger partial charge is 0.494 e. The average Bonchev–Trinajstić information content (AvgIpc) is 3.36. The van der Waals surface area contributed by atoms with Crippen LogP contribution in [-0.2, 0) is 6.54 Å². The van der Waals surface area contributed by atoms with E-state index >= 15 is 0 Å². The first-order valence-electron chi connectivity index (χ1n) is 23.7. The van der Waals surface area contributed by atoms with E-state index in [4.69, 9.17) is 19.7 Å². The van der Waals surface area contributed by atoms with Crippen LogP contribution >= 0.6 is 0 Å². The Morgan fingerprint density at radius 2 is 1.16 bits per heavy atom. The number of nitrogens with one attached hydrogen (secondary N) is 3. The third kappa shape index (κ3) is 14.1. The Morgan fingerprint density at radius 3 is 1.65 bits per heavy atom. The van der Waals surface area contributed by atoms with Crippen LogP contribution in [0.3, 0.4) is 0 Å². The van der Waals surface area contributed by atoms with Crippen molar-refractivity contribution >= 4 is 33.4 Å². The van der Waals surface area contributed by atoms with Crippen LogP contribution in [0, 0.1) is 11.3 Å². The third-order valence-corrected chi connectivity index (χ3v) is 11.7. The van der Waals surface area contributed by atoms with E-state index in [9.17, 15) is 18.4 Å². The monoisotopic (exact) mass is 931 g/mol. The fourth-order valence-corrected chi connectivity index (χ4v) is 8.21. The van der Waals surface area contributed by atoms with Gasteiger partial charge in [-0.3, -0.25) is 14.5 Å². The number of fused-ring (bicyclic) bond motifs is 2. The molecule has 0 bridgehead atoms. The lowest BCUT2D eigenvalue weighted by Gasteiger charge is -2.35. The number of amides is 2. The van der Waals surface area contributed by atoms with Crippen molar-refractivity contribution in [1.29, 1.82) is 5.26 Å². The molecule has 1 fully saturated rings. The lowest BCUT2D eigenvalue weighted by Crippen LogP contribution is -2.49. The molecule has 0 radical (unpaired) electrons. The van der Waals surface area contributed by atoms with E-state index < -0.39 is 5.92 Å². The van der Waals surface area contributed by atoms with E-state index in [1.54, 1.807) is 0 Å². The molecule has 3 N–H and O–H groups in total. The van der Waals surface area contributed by atoms with Crippen molar-refractivity contribution in [3.63, 3.8) is 0 Å². The SMILES string of the molecule is CCOc1ccc(-c2cc3ccccc3c(C(=O)NCCCN(CCC#N)Cc3ccccc3)n2)cc1.CCOc1ccc(-c2cc3ccccc3c(C(=O)NCCCNC3CC(F)(F)C3)n2)cc1. The number of benzene rings is 5. The minimum absolute atomic E-state index is 0.104. The summed E-state index contributed by atoms with van der Waals surface area (Å²) in [6.45, 7) is 8.93. The molecule has 0 atom stereocenters. The Hall–Kier alpha value is -7.27. The normalized spacial score (nSPS) is 12.9. The number of alkyl halides is 2. The Bertz CT molecular complexity index is 2810. The zero-order chi connectivity index (χ0) is 48.4. The molecule has 1 saturated carbocycles. The van der Waals surface area contributed by atoms with Gasteiger partial charge in [-0.25, -0.2) is 18.7 Å². The molecule has 0 spiro atoms. The fraction of sp³-hybridized carbons (Fsp3) is 0.304. The van der Waals surface area contributed by atoms with Crippen LogP contribution in [0.4, 0.5) is 8.78 Å². The summed E-state index contributed by atoms with van der Waals surface area (Å²) in [6.07, 6.45) is 1.71. The molecule has 356 valence electrons. The number of carbonyl (C=O) groups excluding carboxylic acids is 2. The third-order valence-electron chi connectivity index (χ3n) is 11.7. The van der Waals surface area contributed by atoms with Crippen molar-refractivity contribution in [2.24, 2.45) is 0 Å². The minimum atomic E-state index is -2.52. The van der Waals surface area contributed by atoms with Gasteiger partial charge < -0.3 is 25.4 Å². The smallest absolute Gasteiger partial charge is 0.270 e. The predicted molar refractivity (Wildman–Crippen MR) is 269 cm³/mol. The second-order valence-electron chi connectivity index (χ2n) is 16.9. The highest BCUT2D eigenvalue weighted by Gasteiger charge is 2.44. The summed E-state index contributed by atoms with van der Waals surface area (Å²) in [5.41, 5.74) is 5.30. The number of halogens is 2. The van der Waals surface area contributed by atoms with Crippen LogP contribution in [0.25, 0.3) is 44.1 Å². The molecule has 1 aliphatic carbocycles. The van der Waals surface area contributed by atoms with Gasteiger partial charge in [0, 0.05) is 79.9 Å². The molecule has 2 amide bonds. The quantitative estimate of drug-likeness (QED) is 0.0601. The molecular formula is C56H59F2N7O4. The zero-order valence-electron chi connectivity index (χ0n) is 39.2. The van der Waals surface area contributed by atoms with Gasteiger partial charge in [0.05, 0.1) is 30.7 Å². The maximum atomic E-state index is 13.2. The Balaban J connectivity index is 0.000000206. The lowest BCUT2D eigenvalue weighted by atomic mass is 9.88. The van der Waals surface area contributed by atoms with Crippen molar-refractivity contribution in [3.8, 4) is 40.1 Å². The van der Waals surface area contributed by atoms with Gasteiger partial charge in [0.2, 0.25) is 0 Å². The Labute approximate surface area is 402 Å². The van der Waals surface area contributed by atoms with Crippen molar-refractivity contribution in [3.05, 3.63) is 156 Å². The highest BCUT2D eigenvalue weighted by Crippen LogP contribution is 2.37. The molecule has 8 rings (SSSR count). The number of hydrogen-bond donors (Lipinski definition) is 3. The van der Waals surface area contributed by atoms with Crippen LogP contribution in [-0.4, -0.2) is 84.6 Å². The van der Waals surface area contributed by atoms with Gasteiger partial charge in [0.25, 0.3) is 17.7 Å². The topological polar surface area (TPSA) is 142 Å². The van der Waals surface area contributed by atoms with Gasteiger partial charge in [0.15, 0.2) is 0 Å². The molecule has 69 heavy (non-hydrogen) atoms. The first kappa shape index (κ1) is 49.6. The van der Waals surface area contributed by atoms with Gasteiger partial charge in [-0.1, -0.05) is 78.9 Å². The number of pyridine rings is 2. The molecule has 2 aromatic heterocycles. The molecule has 7 aromatic rings. The number of hydrogen-bond acceptors (Lipinski definition) is 9. The number of rotatable bonds is 21. The number of aromatic nitrogens is 2. The van der Waals surface area contributed by atoms with Gasteiger partial charge in [0.1, 0.15) is 22.9 Å². The first-order valence-corrected chi connectivity index (χ1v) is 23.7. The summed E-state index contributed by atoms with van der Waals surface area (Å²) >= 11 is 0. The van der Waals surface area contributed by atoms with Gasteiger partial charge in [-0.2, -0.15) is 5.26 Å². The van der Waals surface area contributed by atoms with Crippen molar-refractivity contribution < 1.29 is 27.8 Å². The van der Waals surface area contributed by atoms with Crippen molar-refractivity contribution in [1.82, 2.24) is 30.8 Å². The highest BCUT2D eigenvalue weighted by molar-refractivity contribution is 6.07. The molecule has 0 unspecified atom stereocenters. The van der Waals surface area contributed by atoms with Crippen LogP contribution in [0.2, 0.25) is 0 Å². The molecule has 13 heteroatoms. The number of nitrogens with zero attached hydrogens (tertiary/aromatic N) is 4. The van der Waals surface area contributed by atoms with Gasteiger partial charge in [-0.15, -0.1) is 0 Å². The number of ether oxygens (including phenoxy) is 2. The standard InChI is InChI=1S/C31H32N4O2.C25H27F2N3O2/c1-2-37-27-16-14-25(15-17-27)29-22-26-12-6-7-13-28(26)30(34-29)31(36)33-19-9-21-35(20-8-18-32)23-24-10-4-3-5-11-24;1-2-32-20-10-8-17(9-11-20)22-14-18-6-3-4-7-21(18)23(30-22)24(31)29-13-5-12-28-19-15-25(26,27)16-19/h3-7,10-17,22H,2,8-9,19-21,23H2,1H3,(H,33,36);3-4,6-11,14,19,28H,2,5,12-13,15-16H2,1H3,(H,29,31). The molecule has 11 nitrogen and oxygen atoms in total.